The molecule has 0 bridgehead atoms. The molecule has 4 nitrogen and oxygen atoms in total. The quantitative estimate of drug-likeness (QED) is 0.611. The Morgan fingerprint density at radius 2 is 2.60 bits per heavy atom. The van der Waals surface area contributed by atoms with Crippen molar-refractivity contribution in [3.05, 3.63) is 18.5 Å². The van der Waals surface area contributed by atoms with Gasteiger partial charge < -0.3 is 4.52 Å². The Morgan fingerprint density at radius 3 is 3.20 bits per heavy atom. The zero-order valence-electron chi connectivity index (χ0n) is 4.81. The lowest BCUT2D eigenvalue weighted by atomic mass is 10.3. The predicted octanol–water partition coefficient (Wildman–Crippen LogP) is 0.993. The van der Waals surface area contributed by atoms with E-state index in [2.05, 4.69) is 24.6 Å². The van der Waals surface area contributed by atoms with E-state index in [-0.39, 0.29) is 0 Å². The standard InChI is InChI=1S/C5H2N3OS/c1-2-9-7-4(1)5-3-6-10-8-5/h1-2H. The van der Waals surface area contributed by atoms with Crippen LogP contribution in [0.4, 0.5) is 0 Å². The van der Waals surface area contributed by atoms with Gasteiger partial charge in [0, 0.05) is 6.07 Å². The van der Waals surface area contributed by atoms with E-state index in [1.165, 1.54) is 6.26 Å². The lowest BCUT2D eigenvalue weighted by molar-refractivity contribution is 0.422. The van der Waals surface area contributed by atoms with Gasteiger partial charge in [0.15, 0.2) is 0 Å². The van der Waals surface area contributed by atoms with E-state index in [0.717, 1.165) is 11.7 Å². The molecule has 5 heteroatoms. The third kappa shape index (κ3) is 0.801. The SMILES string of the molecule is [c]1nsnc1-c1ccon1. The zero-order valence-corrected chi connectivity index (χ0v) is 5.63. The van der Waals surface area contributed by atoms with Gasteiger partial charge in [0.1, 0.15) is 23.8 Å². The molecule has 0 aromatic carbocycles. The minimum Gasteiger partial charge on any atom is -0.364 e. The molecule has 49 valence electrons. The fraction of sp³-hybridized carbons (Fsp3) is 0. The molecule has 2 aromatic rings. The van der Waals surface area contributed by atoms with Gasteiger partial charge in [-0.25, -0.2) is 0 Å². The zero-order chi connectivity index (χ0) is 6.81. The smallest absolute Gasteiger partial charge is 0.136 e. The van der Waals surface area contributed by atoms with Gasteiger partial charge in [-0.1, -0.05) is 5.16 Å². The van der Waals surface area contributed by atoms with Crippen LogP contribution in [0.1, 0.15) is 0 Å². The number of hydrogen-bond donors (Lipinski definition) is 0. The van der Waals surface area contributed by atoms with E-state index >= 15 is 0 Å². The molecule has 0 aliphatic carbocycles. The van der Waals surface area contributed by atoms with Crippen LogP contribution < -0.4 is 0 Å². The summed E-state index contributed by atoms with van der Waals surface area (Å²) >= 11 is 1.10. The van der Waals surface area contributed by atoms with Crippen molar-refractivity contribution < 1.29 is 4.52 Å². The minimum atomic E-state index is 0.638. The molecule has 0 fully saturated rings. The highest BCUT2D eigenvalue weighted by Crippen LogP contribution is 2.12. The maximum absolute atomic E-state index is 4.61. The summed E-state index contributed by atoms with van der Waals surface area (Å²) in [4.78, 5) is 0. The molecule has 0 aliphatic heterocycles. The first-order valence-corrected chi connectivity index (χ1v) is 3.31. The van der Waals surface area contributed by atoms with Crippen molar-refractivity contribution in [1.29, 1.82) is 0 Å². The van der Waals surface area contributed by atoms with Crippen molar-refractivity contribution in [2.45, 2.75) is 0 Å². The van der Waals surface area contributed by atoms with Crippen molar-refractivity contribution in [3.63, 3.8) is 0 Å². The van der Waals surface area contributed by atoms with Crippen LogP contribution in [-0.2, 0) is 0 Å². The van der Waals surface area contributed by atoms with Gasteiger partial charge in [0.2, 0.25) is 0 Å². The Bertz CT molecular complexity index is 256. The molecule has 0 amide bonds. The first-order valence-electron chi connectivity index (χ1n) is 2.58. The highest BCUT2D eigenvalue weighted by atomic mass is 32.1. The second kappa shape index (κ2) is 2.18. The van der Waals surface area contributed by atoms with Gasteiger partial charge in [-0.3, -0.25) is 0 Å². The molecule has 0 atom stereocenters. The first kappa shape index (κ1) is 5.55. The van der Waals surface area contributed by atoms with E-state index in [1.54, 1.807) is 6.07 Å². The van der Waals surface area contributed by atoms with Crippen molar-refractivity contribution in [3.8, 4) is 11.4 Å². The Morgan fingerprint density at radius 1 is 1.60 bits per heavy atom. The summed E-state index contributed by atoms with van der Waals surface area (Å²) in [5.74, 6) is 0. The maximum Gasteiger partial charge on any atom is 0.136 e. The minimum absolute atomic E-state index is 0.638. The van der Waals surface area contributed by atoms with Crippen LogP contribution in [0.2, 0.25) is 0 Å². The molecule has 0 unspecified atom stereocenters. The van der Waals surface area contributed by atoms with Gasteiger partial charge in [-0.15, -0.1) is 0 Å². The van der Waals surface area contributed by atoms with E-state index in [9.17, 15) is 0 Å². The number of aromatic nitrogens is 3. The molecular formula is C5H2N3OS. The Kier molecular flexibility index (Phi) is 1.21. The molecule has 1 radical (unpaired) electrons. The van der Waals surface area contributed by atoms with Gasteiger partial charge in [0.25, 0.3) is 0 Å². The molecule has 0 saturated carbocycles. The lowest BCUT2D eigenvalue weighted by Gasteiger charge is -1.77. The van der Waals surface area contributed by atoms with Crippen LogP contribution in [0.3, 0.4) is 0 Å². The van der Waals surface area contributed by atoms with E-state index in [0.29, 0.717) is 11.4 Å². The highest BCUT2D eigenvalue weighted by Gasteiger charge is 2.02. The molecular weight excluding hydrogens is 150 g/mol. The molecule has 0 aliphatic rings. The van der Waals surface area contributed by atoms with Gasteiger partial charge in [0.05, 0.1) is 11.7 Å². The largest absolute Gasteiger partial charge is 0.364 e. The van der Waals surface area contributed by atoms with Crippen LogP contribution in [0.25, 0.3) is 11.4 Å². The molecule has 0 saturated heterocycles. The normalized spacial score (nSPS) is 10.0. The Hall–Kier alpha value is -1.23. The third-order valence-corrected chi connectivity index (χ3v) is 1.44. The maximum atomic E-state index is 4.61. The number of rotatable bonds is 1. The summed E-state index contributed by atoms with van der Waals surface area (Å²) in [5.41, 5.74) is 1.31. The van der Waals surface area contributed by atoms with Crippen molar-refractivity contribution in [2.24, 2.45) is 0 Å². The van der Waals surface area contributed by atoms with Gasteiger partial charge in [-0.2, -0.15) is 8.75 Å². The fourth-order valence-electron chi connectivity index (χ4n) is 0.584. The average Bonchev–Trinajstić information content (AvgIpc) is 2.59. The van der Waals surface area contributed by atoms with Crippen LogP contribution in [0, 0.1) is 6.20 Å². The summed E-state index contributed by atoms with van der Waals surface area (Å²) in [6, 6.07) is 1.72. The lowest BCUT2D eigenvalue weighted by Crippen LogP contribution is -1.73. The monoisotopic (exact) mass is 152 g/mol. The second-order valence-electron chi connectivity index (χ2n) is 1.61. The summed E-state index contributed by atoms with van der Waals surface area (Å²) in [5, 5.41) is 3.66. The fourth-order valence-corrected chi connectivity index (χ4v) is 0.968. The van der Waals surface area contributed by atoms with Gasteiger partial charge in [-0.05, 0) is 0 Å². The highest BCUT2D eigenvalue weighted by molar-refractivity contribution is 6.99. The van der Waals surface area contributed by atoms with Crippen LogP contribution >= 0.6 is 11.7 Å². The molecule has 2 rings (SSSR count). The summed E-state index contributed by atoms with van der Waals surface area (Å²) in [7, 11) is 0. The van der Waals surface area contributed by atoms with Crippen LogP contribution in [0.15, 0.2) is 16.9 Å². The number of nitrogens with zero attached hydrogens (tertiary/aromatic N) is 3. The van der Waals surface area contributed by atoms with Crippen LogP contribution in [0.5, 0.6) is 0 Å². The van der Waals surface area contributed by atoms with Crippen LogP contribution in [-0.4, -0.2) is 13.9 Å². The molecule has 2 aromatic heterocycles. The summed E-state index contributed by atoms with van der Waals surface area (Å²) in [6.07, 6.45) is 4.16. The Balaban J connectivity index is 2.48. The number of hydrogen-bond acceptors (Lipinski definition) is 5. The molecule has 2 heterocycles. The Labute approximate surface area is 60.8 Å². The van der Waals surface area contributed by atoms with E-state index < -0.39 is 0 Å². The summed E-state index contributed by atoms with van der Waals surface area (Å²) < 4.78 is 12.2. The summed E-state index contributed by atoms with van der Waals surface area (Å²) in [6.45, 7) is 0. The van der Waals surface area contributed by atoms with E-state index in [4.69, 9.17) is 0 Å². The predicted molar refractivity (Wildman–Crippen MR) is 34.2 cm³/mol. The van der Waals surface area contributed by atoms with Crippen molar-refractivity contribution in [2.75, 3.05) is 0 Å². The van der Waals surface area contributed by atoms with Crippen molar-refractivity contribution >= 4 is 11.7 Å². The second-order valence-corrected chi connectivity index (χ2v) is 2.14. The van der Waals surface area contributed by atoms with Gasteiger partial charge >= 0.3 is 0 Å². The molecule has 0 N–H and O–H groups in total. The van der Waals surface area contributed by atoms with Crippen molar-refractivity contribution in [1.82, 2.24) is 13.9 Å². The first-order chi connectivity index (χ1) is 4.97. The average molecular weight is 152 g/mol. The molecule has 10 heavy (non-hydrogen) atoms. The topological polar surface area (TPSA) is 51.8 Å². The molecule has 0 spiro atoms. The third-order valence-electron chi connectivity index (χ3n) is 1.00. The van der Waals surface area contributed by atoms with E-state index in [1.807, 2.05) is 0 Å².